The highest BCUT2D eigenvalue weighted by atomic mass is 32.2. The van der Waals surface area contributed by atoms with Gasteiger partial charge < -0.3 is 9.64 Å². The summed E-state index contributed by atoms with van der Waals surface area (Å²) in [7, 11) is 0. The summed E-state index contributed by atoms with van der Waals surface area (Å²) in [6.45, 7) is 10.7. The van der Waals surface area contributed by atoms with E-state index in [1.165, 1.54) is 17.4 Å². The minimum absolute atomic E-state index is 0.0642. The van der Waals surface area contributed by atoms with Crippen LogP contribution >= 0.6 is 11.8 Å². The first kappa shape index (κ1) is 23.6. The summed E-state index contributed by atoms with van der Waals surface area (Å²) in [5.74, 6) is -0.448. The number of carbonyl (C=O) groups excluding carboxylic acids is 2. The molecule has 0 radical (unpaired) electrons. The van der Waals surface area contributed by atoms with Gasteiger partial charge in [0.15, 0.2) is 5.17 Å². The monoisotopic (exact) mass is 451 g/mol. The zero-order valence-electron chi connectivity index (χ0n) is 19.0. The Morgan fingerprint density at radius 3 is 2.44 bits per heavy atom. The second-order valence-corrected chi connectivity index (χ2v) is 8.10. The van der Waals surface area contributed by atoms with Crippen LogP contribution in [0.5, 0.6) is 0 Å². The van der Waals surface area contributed by atoms with Crippen LogP contribution < -0.4 is 4.90 Å². The maximum Gasteiger partial charge on any atom is 0.338 e. The number of aliphatic imine (C=N–C) groups is 1. The van der Waals surface area contributed by atoms with Gasteiger partial charge in [0.25, 0.3) is 5.91 Å². The van der Waals surface area contributed by atoms with Gasteiger partial charge in [0.05, 0.1) is 22.8 Å². The maximum absolute atomic E-state index is 12.9. The number of nitrogens with zero attached hydrogens (tertiary/aromatic N) is 3. The number of hydrogen-bond donors (Lipinski definition) is 0. The first-order valence-corrected chi connectivity index (χ1v) is 11.7. The van der Waals surface area contributed by atoms with E-state index in [1.807, 2.05) is 31.2 Å². The molecule has 1 amide bonds. The first-order valence-electron chi connectivity index (χ1n) is 10.9. The van der Waals surface area contributed by atoms with Gasteiger partial charge in [-0.3, -0.25) is 9.69 Å². The number of ether oxygens (including phenoxy) is 1. The summed E-state index contributed by atoms with van der Waals surface area (Å²) in [5, 5.41) is 0.601. The van der Waals surface area contributed by atoms with Crippen LogP contribution in [-0.2, 0) is 9.53 Å². The largest absolute Gasteiger partial charge is 0.462 e. The molecule has 3 rings (SSSR count). The molecule has 168 valence electrons. The van der Waals surface area contributed by atoms with Gasteiger partial charge in [-0.1, -0.05) is 18.2 Å². The Kier molecular flexibility index (Phi) is 8.11. The number of anilines is 1. The molecule has 0 atom stereocenters. The first-order chi connectivity index (χ1) is 15.5. The van der Waals surface area contributed by atoms with Crippen molar-refractivity contribution < 1.29 is 14.3 Å². The van der Waals surface area contributed by atoms with Crippen LogP contribution in [0.3, 0.4) is 0 Å². The molecular weight excluding hydrogens is 422 g/mol. The summed E-state index contributed by atoms with van der Waals surface area (Å²) < 4.78 is 5.06. The van der Waals surface area contributed by atoms with Crippen molar-refractivity contribution >= 4 is 46.3 Å². The van der Waals surface area contributed by atoms with Crippen LogP contribution in [0, 0.1) is 0 Å². The van der Waals surface area contributed by atoms with Crippen LogP contribution in [0.2, 0.25) is 0 Å². The van der Waals surface area contributed by atoms with Gasteiger partial charge in [-0.15, -0.1) is 0 Å². The zero-order valence-corrected chi connectivity index (χ0v) is 19.8. The lowest BCUT2D eigenvalue weighted by Gasteiger charge is -2.20. The number of thioether (sulfide) groups is 1. The third-order valence-electron chi connectivity index (χ3n) is 5.11. The Morgan fingerprint density at radius 2 is 1.81 bits per heavy atom. The Balaban J connectivity index is 1.84. The molecule has 1 aliphatic heterocycles. The van der Waals surface area contributed by atoms with Gasteiger partial charge in [-0.25, -0.2) is 9.79 Å². The maximum atomic E-state index is 12.9. The number of likely N-dealkylation sites (N-methyl/N-ethyl adjacent to an activating group) is 1. The van der Waals surface area contributed by atoms with Crippen molar-refractivity contribution in [2.75, 3.05) is 31.1 Å². The fraction of sp³-hybridized carbons (Fsp3) is 0.320. The van der Waals surface area contributed by atoms with Crippen molar-refractivity contribution in [2.45, 2.75) is 27.7 Å². The highest BCUT2D eigenvalue weighted by Crippen LogP contribution is 2.34. The van der Waals surface area contributed by atoms with E-state index in [4.69, 9.17) is 4.74 Å². The molecule has 0 aliphatic carbocycles. The molecule has 2 aromatic rings. The fourth-order valence-corrected chi connectivity index (χ4v) is 4.48. The van der Waals surface area contributed by atoms with Gasteiger partial charge in [0.1, 0.15) is 0 Å². The van der Waals surface area contributed by atoms with Crippen LogP contribution in [0.25, 0.3) is 6.08 Å². The van der Waals surface area contributed by atoms with E-state index in [-0.39, 0.29) is 11.9 Å². The molecule has 0 aromatic heterocycles. The minimum Gasteiger partial charge on any atom is -0.462 e. The molecule has 0 saturated carbocycles. The number of benzene rings is 2. The number of amidine groups is 1. The molecule has 6 nitrogen and oxygen atoms in total. The van der Waals surface area contributed by atoms with E-state index >= 15 is 0 Å². The predicted octanol–water partition coefficient (Wildman–Crippen LogP) is 5.33. The molecular formula is C25H29N3O3S. The smallest absolute Gasteiger partial charge is 0.338 e. The Hall–Kier alpha value is -3.06. The summed E-state index contributed by atoms with van der Waals surface area (Å²) in [6.07, 6.45) is 1.90. The molecule has 2 aromatic carbocycles. The SMILES string of the molecule is CCOC(=O)c1cccc(N=C2SC(=Cc3ccc(N(CC)CC)cc3)C(=O)N2CC)c1. The number of esters is 1. The molecule has 1 fully saturated rings. The fourth-order valence-electron chi connectivity index (χ4n) is 3.42. The minimum atomic E-state index is -0.384. The predicted molar refractivity (Wildman–Crippen MR) is 132 cm³/mol. The zero-order chi connectivity index (χ0) is 23.1. The lowest BCUT2D eigenvalue weighted by molar-refractivity contribution is -0.122. The van der Waals surface area contributed by atoms with Gasteiger partial charge in [0, 0.05) is 25.3 Å². The summed E-state index contributed by atoms with van der Waals surface area (Å²) in [4.78, 5) is 34.2. The van der Waals surface area contributed by atoms with E-state index in [9.17, 15) is 9.59 Å². The van der Waals surface area contributed by atoms with Gasteiger partial charge >= 0.3 is 5.97 Å². The van der Waals surface area contributed by atoms with Crippen LogP contribution in [0.15, 0.2) is 58.4 Å². The van der Waals surface area contributed by atoms with Gasteiger partial charge in [-0.05, 0) is 81.4 Å². The lowest BCUT2D eigenvalue weighted by Crippen LogP contribution is -2.28. The van der Waals surface area contributed by atoms with E-state index in [0.717, 1.165) is 18.7 Å². The van der Waals surface area contributed by atoms with E-state index < -0.39 is 0 Å². The van der Waals surface area contributed by atoms with Crippen molar-refractivity contribution in [2.24, 2.45) is 4.99 Å². The summed E-state index contributed by atoms with van der Waals surface area (Å²) in [5.41, 5.74) is 3.18. The van der Waals surface area contributed by atoms with E-state index in [0.29, 0.717) is 34.5 Å². The quantitative estimate of drug-likeness (QED) is 0.401. The van der Waals surface area contributed by atoms with Crippen molar-refractivity contribution in [1.29, 1.82) is 0 Å². The van der Waals surface area contributed by atoms with Crippen molar-refractivity contribution in [1.82, 2.24) is 4.90 Å². The molecule has 0 spiro atoms. The molecule has 0 bridgehead atoms. The standard InChI is InChI=1S/C25H29N3O3S/c1-5-27(6-2)21-14-12-18(13-15-21)16-22-23(29)28(7-3)25(32-22)26-20-11-9-10-19(17-20)24(30)31-8-4/h9-17H,5-8H2,1-4H3. The highest BCUT2D eigenvalue weighted by Gasteiger charge is 2.32. The Morgan fingerprint density at radius 1 is 1.09 bits per heavy atom. The molecule has 7 heteroatoms. The molecule has 0 N–H and O–H groups in total. The number of carbonyl (C=O) groups is 2. The number of rotatable bonds is 8. The van der Waals surface area contributed by atoms with Crippen molar-refractivity contribution in [3.05, 3.63) is 64.6 Å². The average molecular weight is 452 g/mol. The van der Waals surface area contributed by atoms with E-state index in [1.54, 1.807) is 30.0 Å². The highest BCUT2D eigenvalue weighted by molar-refractivity contribution is 8.18. The van der Waals surface area contributed by atoms with Gasteiger partial charge in [-0.2, -0.15) is 0 Å². The van der Waals surface area contributed by atoms with Crippen LogP contribution in [0.1, 0.15) is 43.6 Å². The third kappa shape index (κ3) is 5.40. The number of hydrogen-bond acceptors (Lipinski definition) is 6. The normalized spacial score (nSPS) is 16.1. The summed E-state index contributed by atoms with van der Waals surface area (Å²) >= 11 is 1.35. The topological polar surface area (TPSA) is 62.2 Å². The second-order valence-electron chi connectivity index (χ2n) is 7.09. The van der Waals surface area contributed by atoms with Crippen molar-refractivity contribution in [3.8, 4) is 0 Å². The van der Waals surface area contributed by atoms with Crippen molar-refractivity contribution in [3.63, 3.8) is 0 Å². The third-order valence-corrected chi connectivity index (χ3v) is 6.11. The van der Waals surface area contributed by atoms with Crippen LogP contribution in [0.4, 0.5) is 11.4 Å². The Bertz CT molecular complexity index is 1030. The lowest BCUT2D eigenvalue weighted by atomic mass is 10.1. The molecule has 1 aliphatic rings. The van der Waals surface area contributed by atoms with Gasteiger partial charge in [0.2, 0.25) is 0 Å². The van der Waals surface area contributed by atoms with Crippen LogP contribution in [-0.4, -0.2) is 48.2 Å². The Labute approximate surface area is 194 Å². The number of amides is 1. The summed E-state index contributed by atoms with van der Waals surface area (Å²) in [6, 6.07) is 15.2. The molecule has 0 unspecified atom stereocenters. The van der Waals surface area contributed by atoms with E-state index in [2.05, 4.69) is 35.9 Å². The second kappa shape index (κ2) is 11.0. The molecule has 1 saturated heterocycles. The average Bonchev–Trinajstić information content (AvgIpc) is 3.09. The molecule has 32 heavy (non-hydrogen) atoms. The molecule has 1 heterocycles.